The van der Waals surface area contributed by atoms with Gasteiger partial charge in [0.2, 0.25) is 0 Å². The van der Waals surface area contributed by atoms with E-state index < -0.39 is 9.84 Å². The van der Waals surface area contributed by atoms with E-state index in [1.807, 2.05) is 13.0 Å². The molecule has 1 aromatic rings. The third kappa shape index (κ3) is 4.55. The van der Waals surface area contributed by atoms with Crippen LogP contribution in [0.5, 0.6) is 0 Å². The largest absolute Gasteiger partial charge is 0.381 e. The lowest BCUT2D eigenvalue weighted by molar-refractivity contribution is 0.163. The molecule has 0 fully saturated rings. The van der Waals surface area contributed by atoms with Gasteiger partial charge in [0, 0.05) is 6.61 Å². The van der Waals surface area contributed by atoms with E-state index in [9.17, 15) is 8.42 Å². The number of nitriles is 1. The summed E-state index contributed by atoms with van der Waals surface area (Å²) in [5.74, 6) is -0.121. The molecule has 0 radical (unpaired) electrons. The zero-order valence-electron chi connectivity index (χ0n) is 9.72. The minimum atomic E-state index is -3.22. The van der Waals surface area contributed by atoms with E-state index in [0.717, 1.165) is 0 Å². The van der Waals surface area contributed by atoms with E-state index in [4.69, 9.17) is 10.00 Å². The third-order valence-electron chi connectivity index (χ3n) is 2.26. The van der Waals surface area contributed by atoms with Gasteiger partial charge in [0.1, 0.15) is 0 Å². The summed E-state index contributed by atoms with van der Waals surface area (Å²) in [6.07, 6.45) is 0. The molecule has 0 heterocycles. The minimum absolute atomic E-state index is 0.0133. The molecule has 0 amide bonds. The summed E-state index contributed by atoms with van der Waals surface area (Å²) in [6.45, 7) is 2.52. The molecule has 0 saturated heterocycles. The molecule has 0 aliphatic heterocycles. The minimum Gasteiger partial charge on any atom is -0.381 e. The van der Waals surface area contributed by atoms with Crippen LogP contribution in [0.2, 0.25) is 0 Å². The van der Waals surface area contributed by atoms with Gasteiger partial charge in [-0.25, -0.2) is 8.42 Å². The Morgan fingerprint density at radius 2 is 2.06 bits per heavy atom. The summed E-state index contributed by atoms with van der Waals surface area (Å²) in [4.78, 5) is 0. The van der Waals surface area contributed by atoms with Crippen molar-refractivity contribution < 1.29 is 13.2 Å². The van der Waals surface area contributed by atoms with Crippen LogP contribution in [0.4, 0.5) is 0 Å². The summed E-state index contributed by atoms with van der Waals surface area (Å²) in [5.41, 5.74) is 0.957. The summed E-state index contributed by atoms with van der Waals surface area (Å²) in [6, 6.07) is 8.72. The first kappa shape index (κ1) is 13.7. The zero-order chi connectivity index (χ0) is 12.7. The molecule has 92 valence electrons. The second kappa shape index (κ2) is 6.38. The number of hydrogen-bond donors (Lipinski definition) is 0. The maximum Gasteiger partial charge on any atom is 0.156 e. The third-order valence-corrected chi connectivity index (χ3v) is 3.80. The quantitative estimate of drug-likeness (QED) is 0.721. The molecular weight excluding hydrogens is 238 g/mol. The van der Waals surface area contributed by atoms with E-state index in [2.05, 4.69) is 0 Å². The SMILES string of the molecule is CCOCCS(=O)(=O)Cc1ccccc1C#N. The second-order valence-corrected chi connectivity index (χ2v) is 5.74. The highest BCUT2D eigenvalue weighted by molar-refractivity contribution is 7.90. The van der Waals surface area contributed by atoms with Crippen LogP contribution in [-0.2, 0) is 20.3 Å². The Morgan fingerprint density at radius 1 is 1.35 bits per heavy atom. The van der Waals surface area contributed by atoms with Gasteiger partial charge in [-0.3, -0.25) is 0 Å². The topological polar surface area (TPSA) is 67.2 Å². The van der Waals surface area contributed by atoms with E-state index in [1.54, 1.807) is 24.3 Å². The lowest BCUT2D eigenvalue weighted by atomic mass is 10.1. The summed E-state index contributed by atoms with van der Waals surface area (Å²) in [7, 11) is -3.22. The monoisotopic (exact) mass is 253 g/mol. The van der Waals surface area contributed by atoms with E-state index in [1.165, 1.54) is 0 Å². The first-order chi connectivity index (χ1) is 8.09. The summed E-state index contributed by atoms with van der Waals surface area (Å²) >= 11 is 0. The van der Waals surface area contributed by atoms with Crippen LogP contribution in [-0.4, -0.2) is 27.4 Å². The van der Waals surface area contributed by atoms with Crippen molar-refractivity contribution in [3.63, 3.8) is 0 Å². The van der Waals surface area contributed by atoms with Crippen molar-refractivity contribution in [2.75, 3.05) is 19.0 Å². The predicted octanol–water partition coefficient (Wildman–Crippen LogP) is 1.51. The molecule has 1 aromatic carbocycles. The number of nitrogens with zero attached hydrogens (tertiary/aromatic N) is 1. The van der Waals surface area contributed by atoms with Crippen molar-refractivity contribution in [2.45, 2.75) is 12.7 Å². The van der Waals surface area contributed by atoms with Crippen LogP contribution in [0.15, 0.2) is 24.3 Å². The maximum absolute atomic E-state index is 11.8. The van der Waals surface area contributed by atoms with Crippen molar-refractivity contribution in [1.82, 2.24) is 0 Å². The van der Waals surface area contributed by atoms with Gasteiger partial charge in [0.15, 0.2) is 9.84 Å². The van der Waals surface area contributed by atoms with Crippen LogP contribution < -0.4 is 0 Å². The zero-order valence-corrected chi connectivity index (χ0v) is 10.5. The second-order valence-electron chi connectivity index (χ2n) is 3.56. The molecule has 17 heavy (non-hydrogen) atoms. The predicted molar refractivity (Wildman–Crippen MR) is 65.1 cm³/mol. The molecule has 0 spiro atoms. The van der Waals surface area contributed by atoms with Gasteiger partial charge in [0.05, 0.1) is 29.7 Å². The molecular formula is C12H15NO3S. The highest BCUT2D eigenvalue weighted by atomic mass is 32.2. The molecule has 0 bridgehead atoms. The van der Waals surface area contributed by atoms with Crippen LogP contribution in [0.25, 0.3) is 0 Å². The van der Waals surface area contributed by atoms with E-state index in [0.29, 0.717) is 17.7 Å². The maximum atomic E-state index is 11.8. The first-order valence-electron chi connectivity index (χ1n) is 5.35. The van der Waals surface area contributed by atoms with E-state index in [-0.39, 0.29) is 18.1 Å². The van der Waals surface area contributed by atoms with Gasteiger partial charge < -0.3 is 4.74 Å². The fraction of sp³-hybridized carbons (Fsp3) is 0.417. The summed E-state index contributed by atoms with van der Waals surface area (Å²) in [5, 5.41) is 8.86. The van der Waals surface area contributed by atoms with Gasteiger partial charge >= 0.3 is 0 Å². The standard InChI is InChI=1S/C12H15NO3S/c1-2-16-7-8-17(14,15)10-12-6-4-3-5-11(12)9-13/h3-6H,2,7-8,10H2,1H3. The first-order valence-corrected chi connectivity index (χ1v) is 7.17. The van der Waals surface area contributed by atoms with Crippen molar-refractivity contribution in [3.05, 3.63) is 35.4 Å². The van der Waals surface area contributed by atoms with Crippen molar-refractivity contribution in [2.24, 2.45) is 0 Å². The number of ether oxygens (including phenoxy) is 1. The normalized spacial score (nSPS) is 11.1. The Hall–Kier alpha value is -1.38. The lowest BCUT2D eigenvalue weighted by Gasteiger charge is -2.06. The molecule has 4 nitrogen and oxygen atoms in total. The van der Waals surface area contributed by atoms with Crippen LogP contribution in [0, 0.1) is 11.3 Å². The average Bonchev–Trinajstić information content (AvgIpc) is 2.29. The fourth-order valence-corrected chi connectivity index (χ4v) is 2.64. The molecule has 0 aliphatic carbocycles. The van der Waals surface area contributed by atoms with Crippen LogP contribution in [0.1, 0.15) is 18.1 Å². The smallest absolute Gasteiger partial charge is 0.156 e. The number of rotatable bonds is 6. The summed E-state index contributed by atoms with van der Waals surface area (Å²) < 4.78 is 28.5. The molecule has 0 aromatic heterocycles. The molecule has 0 unspecified atom stereocenters. The van der Waals surface area contributed by atoms with Crippen LogP contribution in [0.3, 0.4) is 0 Å². The van der Waals surface area contributed by atoms with Crippen molar-refractivity contribution in [1.29, 1.82) is 5.26 Å². The number of hydrogen-bond acceptors (Lipinski definition) is 4. The molecule has 0 saturated carbocycles. The Balaban J connectivity index is 2.73. The van der Waals surface area contributed by atoms with Gasteiger partial charge in [0.25, 0.3) is 0 Å². The highest BCUT2D eigenvalue weighted by Gasteiger charge is 2.14. The average molecular weight is 253 g/mol. The highest BCUT2D eigenvalue weighted by Crippen LogP contribution is 2.12. The molecule has 0 atom stereocenters. The van der Waals surface area contributed by atoms with Gasteiger partial charge in [-0.1, -0.05) is 18.2 Å². The molecule has 1 rings (SSSR count). The number of benzene rings is 1. The van der Waals surface area contributed by atoms with Crippen molar-refractivity contribution in [3.8, 4) is 6.07 Å². The van der Waals surface area contributed by atoms with Crippen molar-refractivity contribution >= 4 is 9.84 Å². The Bertz CT molecular complexity index is 503. The van der Waals surface area contributed by atoms with Gasteiger partial charge in [-0.05, 0) is 18.6 Å². The molecule has 5 heteroatoms. The van der Waals surface area contributed by atoms with Gasteiger partial charge in [-0.2, -0.15) is 5.26 Å². The molecule has 0 N–H and O–H groups in total. The van der Waals surface area contributed by atoms with E-state index >= 15 is 0 Å². The molecule has 0 aliphatic rings. The fourth-order valence-electron chi connectivity index (χ4n) is 1.39. The Morgan fingerprint density at radius 3 is 2.71 bits per heavy atom. The van der Waals surface area contributed by atoms with Crippen LogP contribution >= 0.6 is 0 Å². The Kier molecular flexibility index (Phi) is 5.13. The Labute approximate surface area is 102 Å². The van der Waals surface area contributed by atoms with Gasteiger partial charge in [-0.15, -0.1) is 0 Å². The lowest BCUT2D eigenvalue weighted by Crippen LogP contribution is -2.14. The number of sulfone groups is 1.